The van der Waals surface area contributed by atoms with Crippen LogP contribution in [0.2, 0.25) is 0 Å². The molecule has 0 bridgehead atoms. The summed E-state index contributed by atoms with van der Waals surface area (Å²) in [6.07, 6.45) is 2.51. The number of hydrogen-bond acceptors (Lipinski definition) is 6. The van der Waals surface area contributed by atoms with E-state index < -0.39 is 4.92 Å². The summed E-state index contributed by atoms with van der Waals surface area (Å²) in [6, 6.07) is 7.79. The van der Waals surface area contributed by atoms with Gasteiger partial charge < -0.3 is 10.1 Å². The van der Waals surface area contributed by atoms with Gasteiger partial charge >= 0.3 is 5.69 Å². The van der Waals surface area contributed by atoms with Gasteiger partial charge in [0.25, 0.3) is 0 Å². The van der Waals surface area contributed by atoms with Crippen LogP contribution in [0.15, 0.2) is 36.7 Å². The quantitative estimate of drug-likeness (QED) is 0.587. The van der Waals surface area contributed by atoms with Gasteiger partial charge in [-0.3, -0.25) is 24.5 Å². The van der Waals surface area contributed by atoms with Crippen molar-refractivity contribution in [2.75, 3.05) is 31.6 Å². The molecule has 0 spiro atoms. The molecule has 0 aliphatic carbocycles. The molecule has 9 heteroatoms. The summed E-state index contributed by atoms with van der Waals surface area (Å²) in [5.41, 5.74) is 1.78. The van der Waals surface area contributed by atoms with Crippen molar-refractivity contribution < 1.29 is 14.5 Å². The first-order valence-electron chi connectivity index (χ1n) is 8.88. The Labute approximate surface area is 157 Å². The Balaban J connectivity index is 1.56. The van der Waals surface area contributed by atoms with Crippen molar-refractivity contribution in [2.24, 2.45) is 5.92 Å². The summed E-state index contributed by atoms with van der Waals surface area (Å²) >= 11 is 0. The number of carbonyl (C=O) groups is 1. The maximum Gasteiger partial charge on any atom is 0.306 e. The minimum absolute atomic E-state index is 0.0848. The third-order valence-electron chi connectivity index (χ3n) is 4.44. The first-order valence-corrected chi connectivity index (χ1v) is 8.88. The van der Waals surface area contributed by atoms with Crippen molar-refractivity contribution in [2.45, 2.75) is 20.0 Å². The lowest BCUT2D eigenvalue weighted by Gasteiger charge is -2.26. The molecule has 9 nitrogen and oxygen atoms in total. The number of rotatable bonds is 7. The van der Waals surface area contributed by atoms with Crippen LogP contribution in [-0.4, -0.2) is 51.8 Å². The summed E-state index contributed by atoms with van der Waals surface area (Å²) in [6.45, 7) is 6.17. The third-order valence-corrected chi connectivity index (χ3v) is 4.44. The molecule has 1 saturated heterocycles. The van der Waals surface area contributed by atoms with E-state index in [9.17, 15) is 14.9 Å². The number of benzene rings is 1. The molecule has 3 rings (SSSR count). The normalized spacial score (nSPS) is 16.0. The molecule has 27 heavy (non-hydrogen) atoms. The fourth-order valence-corrected chi connectivity index (χ4v) is 2.94. The van der Waals surface area contributed by atoms with Crippen LogP contribution in [0, 0.1) is 16.0 Å². The molecule has 0 radical (unpaired) electrons. The van der Waals surface area contributed by atoms with E-state index >= 15 is 0 Å². The van der Waals surface area contributed by atoms with Gasteiger partial charge in [0, 0.05) is 25.3 Å². The van der Waals surface area contributed by atoms with Crippen molar-refractivity contribution >= 4 is 17.3 Å². The summed E-state index contributed by atoms with van der Waals surface area (Å²) in [4.78, 5) is 25.0. The molecule has 1 aromatic heterocycles. The van der Waals surface area contributed by atoms with Crippen LogP contribution in [0.4, 0.5) is 11.4 Å². The van der Waals surface area contributed by atoms with Gasteiger partial charge in [0.1, 0.15) is 12.4 Å². The van der Waals surface area contributed by atoms with Crippen molar-refractivity contribution in [1.82, 2.24) is 14.7 Å². The van der Waals surface area contributed by atoms with E-state index in [0.29, 0.717) is 0 Å². The lowest BCUT2D eigenvalue weighted by molar-refractivity contribution is -0.385. The summed E-state index contributed by atoms with van der Waals surface area (Å²) in [5, 5.41) is 17.5. The smallest absolute Gasteiger partial charge is 0.306 e. The highest BCUT2D eigenvalue weighted by Crippen LogP contribution is 2.16. The van der Waals surface area contributed by atoms with Gasteiger partial charge in [0.15, 0.2) is 0 Å². The number of aromatic nitrogens is 2. The van der Waals surface area contributed by atoms with Gasteiger partial charge in [-0.25, -0.2) is 0 Å². The predicted molar refractivity (Wildman–Crippen MR) is 99.2 cm³/mol. The fourth-order valence-electron chi connectivity index (χ4n) is 2.94. The van der Waals surface area contributed by atoms with Gasteiger partial charge in [0.2, 0.25) is 5.91 Å². The molecule has 1 aliphatic heterocycles. The lowest BCUT2D eigenvalue weighted by Crippen LogP contribution is -2.35. The van der Waals surface area contributed by atoms with Crippen LogP contribution in [0.5, 0.6) is 0 Å². The molecule has 0 saturated carbocycles. The zero-order chi connectivity index (χ0) is 19.2. The van der Waals surface area contributed by atoms with E-state index in [2.05, 4.69) is 15.3 Å². The number of carbonyl (C=O) groups excluding carboxylic acids is 1. The Morgan fingerprint density at radius 2 is 2.19 bits per heavy atom. The average molecular weight is 373 g/mol. The highest BCUT2D eigenvalue weighted by atomic mass is 16.6. The Hall–Kier alpha value is -2.78. The van der Waals surface area contributed by atoms with Gasteiger partial charge in [-0.1, -0.05) is 19.1 Å². The monoisotopic (exact) mass is 373 g/mol. The molecule has 1 aromatic carbocycles. The number of anilines is 1. The molecule has 1 aliphatic rings. The second kappa shape index (κ2) is 8.74. The van der Waals surface area contributed by atoms with E-state index in [1.807, 2.05) is 24.3 Å². The maximum atomic E-state index is 12.4. The van der Waals surface area contributed by atoms with Crippen molar-refractivity contribution in [3.63, 3.8) is 0 Å². The zero-order valence-electron chi connectivity index (χ0n) is 15.2. The molecule has 1 amide bonds. The van der Waals surface area contributed by atoms with E-state index in [4.69, 9.17) is 4.74 Å². The largest absolute Gasteiger partial charge is 0.379 e. The van der Waals surface area contributed by atoms with Crippen molar-refractivity contribution in [3.8, 4) is 0 Å². The van der Waals surface area contributed by atoms with Crippen molar-refractivity contribution in [3.05, 3.63) is 52.3 Å². The third kappa shape index (κ3) is 5.35. The Bertz CT molecular complexity index is 801. The highest BCUT2D eigenvalue weighted by Gasteiger charge is 2.17. The number of amides is 1. The zero-order valence-corrected chi connectivity index (χ0v) is 15.2. The average Bonchev–Trinajstić information content (AvgIpc) is 3.11. The van der Waals surface area contributed by atoms with Crippen molar-refractivity contribution in [1.29, 1.82) is 0 Å². The molecule has 2 heterocycles. The van der Waals surface area contributed by atoms with Crippen LogP contribution in [0.3, 0.4) is 0 Å². The van der Waals surface area contributed by atoms with Gasteiger partial charge in [-0.15, -0.1) is 0 Å². The molecule has 1 unspecified atom stereocenters. The van der Waals surface area contributed by atoms with Gasteiger partial charge in [-0.2, -0.15) is 5.10 Å². The number of nitro groups is 1. The summed E-state index contributed by atoms with van der Waals surface area (Å²) < 4.78 is 6.77. The Morgan fingerprint density at radius 3 is 2.89 bits per heavy atom. The lowest BCUT2D eigenvalue weighted by atomic mass is 10.1. The van der Waals surface area contributed by atoms with Crippen LogP contribution < -0.4 is 5.32 Å². The standard InChI is InChI=1S/C18H23N5O4/c1-14(11-22-13-17(10-19-22)23(25)26)18(24)20-16-4-2-3-15(9-16)12-21-5-7-27-8-6-21/h2-4,9-10,13-14H,5-8,11-12H2,1H3,(H,20,24). The molecular weight excluding hydrogens is 350 g/mol. The second-order valence-electron chi connectivity index (χ2n) is 6.66. The first-order chi connectivity index (χ1) is 13.0. The van der Waals surface area contributed by atoms with Gasteiger partial charge in [0.05, 0.1) is 30.6 Å². The molecule has 2 aromatic rings. The number of nitrogens with zero attached hydrogens (tertiary/aromatic N) is 4. The Kier molecular flexibility index (Phi) is 6.15. The van der Waals surface area contributed by atoms with Crippen LogP contribution in [-0.2, 0) is 22.6 Å². The Morgan fingerprint density at radius 1 is 1.41 bits per heavy atom. The van der Waals surface area contributed by atoms with E-state index in [1.165, 1.54) is 17.1 Å². The number of hydrogen-bond donors (Lipinski definition) is 1. The van der Waals surface area contributed by atoms with E-state index in [0.717, 1.165) is 44.1 Å². The highest BCUT2D eigenvalue weighted by molar-refractivity contribution is 5.92. The molecule has 1 atom stereocenters. The fraction of sp³-hybridized carbons (Fsp3) is 0.444. The van der Waals surface area contributed by atoms with Crippen LogP contribution in [0.25, 0.3) is 0 Å². The first kappa shape index (κ1) is 19.0. The minimum Gasteiger partial charge on any atom is -0.379 e. The number of morpholine rings is 1. The molecule has 1 fully saturated rings. The molecular formula is C18H23N5O4. The van der Waals surface area contributed by atoms with E-state index in [1.54, 1.807) is 6.92 Å². The predicted octanol–water partition coefficient (Wildman–Crippen LogP) is 1.90. The second-order valence-corrected chi connectivity index (χ2v) is 6.66. The maximum absolute atomic E-state index is 12.4. The molecule has 1 N–H and O–H groups in total. The number of nitrogens with one attached hydrogen (secondary N) is 1. The summed E-state index contributed by atoms with van der Waals surface area (Å²) in [7, 11) is 0. The topological polar surface area (TPSA) is 103 Å². The minimum atomic E-state index is -0.506. The number of ether oxygens (including phenoxy) is 1. The molecule has 144 valence electrons. The van der Waals surface area contributed by atoms with E-state index in [-0.39, 0.29) is 24.1 Å². The van der Waals surface area contributed by atoms with Gasteiger partial charge in [-0.05, 0) is 17.7 Å². The van der Waals surface area contributed by atoms with Crippen LogP contribution in [0.1, 0.15) is 12.5 Å². The SMILES string of the molecule is CC(Cn1cc([N+](=O)[O-])cn1)C(=O)Nc1cccc(CN2CCOCC2)c1. The summed E-state index contributed by atoms with van der Waals surface area (Å²) in [5.74, 6) is -0.538. The van der Waals surface area contributed by atoms with Crippen LogP contribution >= 0.6 is 0 Å².